The van der Waals surface area contributed by atoms with Crippen LogP contribution in [-0.4, -0.2) is 34.9 Å². The highest BCUT2D eigenvalue weighted by molar-refractivity contribution is 5.92. The third-order valence-electron chi connectivity index (χ3n) is 4.47. The molecule has 3 rings (SSSR count). The van der Waals surface area contributed by atoms with E-state index in [-0.39, 0.29) is 11.9 Å². The maximum Gasteiger partial charge on any atom is 0.246 e. The molecule has 26 heavy (non-hydrogen) atoms. The fraction of sp³-hybridized carbons (Fsp3) is 0.200. The standard InChI is InChI=1S/C20H22N4O2/c1-13(17-11-15-16(23-17)5-4-6-18(15)26-3)24(2)20(25)10-8-14-7-9-19(21)22-12-14/h4-13,23H,1-3H3,(H2,21,22)/b10-8+. The van der Waals surface area contributed by atoms with Crippen LogP contribution in [-0.2, 0) is 4.79 Å². The Balaban J connectivity index is 1.77. The molecule has 0 aliphatic heterocycles. The predicted octanol–water partition coefficient (Wildman–Crippen LogP) is 3.39. The highest BCUT2D eigenvalue weighted by atomic mass is 16.5. The van der Waals surface area contributed by atoms with Crippen LogP contribution < -0.4 is 10.5 Å². The largest absolute Gasteiger partial charge is 0.496 e. The van der Waals surface area contributed by atoms with E-state index in [0.717, 1.165) is 27.9 Å². The molecule has 0 saturated carbocycles. The maximum atomic E-state index is 12.5. The quantitative estimate of drug-likeness (QED) is 0.691. The van der Waals surface area contributed by atoms with Crippen molar-refractivity contribution in [1.82, 2.24) is 14.9 Å². The lowest BCUT2D eigenvalue weighted by atomic mass is 10.1. The summed E-state index contributed by atoms with van der Waals surface area (Å²) in [4.78, 5) is 21.5. The number of nitrogens with two attached hydrogens (primary N) is 1. The lowest BCUT2D eigenvalue weighted by molar-refractivity contribution is -0.126. The van der Waals surface area contributed by atoms with Crippen molar-refractivity contribution in [2.24, 2.45) is 0 Å². The second-order valence-electron chi connectivity index (χ2n) is 6.12. The Morgan fingerprint density at radius 3 is 2.85 bits per heavy atom. The molecule has 0 bridgehead atoms. The Kier molecular flexibility index (Phi) is 4.93. The van der Waals surface area contributed by atoms with Crippen molar-refractivity contribution in [1.29, 1.82) is 0 Å². The molecule has 6 nitrogen and oxygen atoms in total. The summed E-state index contributed by atoms with van der Waals surface area (Å²) in [5.74, 6) is 1.16. The number of rotatable bonds is 5. The van der Waals surface area contributed by atoms with E-state index in [1.165, 1.54) is 6.08 Å². The average molecular weight is 350 g/mol. The zero-order chi connectivity index (χ0) is 18.7. The van der Waals surface area contributed by atoms with Gasteiger partial charge < -0.3 is 20.4 Å². The normalized spacial score (nSPS) is 12.4. The number of carbonyl (C=O) groups excluding carboxylic acids is 1. The van der Waals surface area contributed by atoms with Crippen molar-refractivity contribution >= 4 is 28.7 Å². The van der Waals surface area contributed by atoms with Crippen LogP contribution in [0.5, 0.6) is 5.75 Å². The summed E-state index contributed by atoms with van der Waals surface area (Å²) in [5.41, 5.74) is 8.32. The molecule has 3 N–H and O–H groups in total. The predicted molar refractivity (Wildman–Crippen MR) is 104 cm³/mol. The van der Waals surface area contributed by atoms with Gasteiger partial charge in [0.05, 0.1) is 13.2 Å². The number of aromatic nitrogens is 2. The number of anilines is 1. The van der Waals surface area contributed by atoms with Gasteiger partial charge in [-0.1, -0.05) is 6.07 Å². The summed E-state index contributed by atoms with van der Waals surface area (Å²) in [6.07, 6.45) is 4.89. The Labute approximate surface area is 152 Å². The van der Waals surface area contributed by atoms with E-state index in [1.807, 2.05) is 37.3 Å². The number of carbonyl (C=O) groups is 1. The van der Waals surface area contributed by atoms with Gasteiger partial charge in [-0.05, 0) is 48.9 Å². The van der Waals surface area contributed by atoms with Gasteiger partial charge in [0.15, 0.2) is 0 Å². The molecule has 2 heterocycles. The van der Waals surface area contributed by atoms with Crippen molar-refractivity contribution in [2.75, 3.05) is 19.9 Å². The summed E-state index contributed by atoms with van der Waals surface area (Å²) in [5, 5.41) is 1.00. The Morgan fingerprint density at radius 2 is 2.15 bits per heavy atom. The number of pyridine rings is 1. The molecular weight excluding hydrogens is 328 g/mol. The number of aromatic amines is 1. The topological polar surface area (TPSA) is 84.2 Å². The second-order valence-corrected chi connectivity index (χ2v) is 6.12. The highest BCUT2D eigenvalue weighted by Crippen LogP contribution is 2.29. The molecule has 0 radical (unpaired) electrons. The average Bonchev–Trinajstić information content (AvgIpc) is 3.10. The lowest BCUT2D eigenvalue weighted by Gasteiger charge is -2.22. The molecular formula is C20H22N4O2. The van der Waals surface area contributed by atoms with Crippen LogP contribution in [0.1, 0.15) is 24.2 Å². The highest BCUT2D eigenvalue weighted by Gasteiger charge is 2.18. The maximum absolute atomic E-state index is 12.5. The molecule has 1 aromatic carbocycles. The summed E-state index contributed by atoms with van der Waals surface area (Å²) in [6, 6.07) is 11.3. The van der Waals surface area contributed by atoms with Crippen molar-refractivity contribution in [3.05, 3.63) is 59.9 Å². The number of ether oxygens (including phenoxy) is 1. The van der Waals surface area contributed by atoms with E-state index in [0.29, 0.717) is 5.82 Å². The second kappa shape index (κ2) is 7.31. The third-order valence-corrected chi connectivity index (χ3v) is 4.47. The summed E-state index contributed by atoms with van der Waals surface area (Å²) in [6.45, 7) is 1.98. The molecule has 1 atom stereocenters. The minimum atomic E-state index is -0.117. The van der Waals surface area contributed by atoms with Crippen LogP contribution >= 0.6 is 0 Å². The van der Waals surface area contributed by atoms with Gasteiger partial charge >= 0.3 is 0 Å². The Morgan fingerprint density at radius 1 is 1.35 bits per heavy atom. The monoisotopic (exact) mass is 350 g/mol. The zero-order valence-corrected chi connectivity index (χ0v) is 15.1. The van der Waals surface area contributed by atoms with Crippen LogP contribution in [0, 0.1) is 0 Å². The van der Waals surface area contributed by atoms with Gasteiger partial charge in [-0.15, -0.1) is 0 Å². The summed E-state index contributed by atoms with van der Waals surface area (Å²) in [7, 11) is 3.43. The number of H-pyrrole nitrogens is 1. The molecule has 0 saturated heterocycles. The number of fused-ring (bicyclic) bond motifs is 1. The first kappa shape index (κ1) is 17.5. The molecule has 1 amide bonds. The number of hydrogen-bond acceptors (Lipinski definition) is 4. The molecule has 6 heteroatoms. The zero-order valence-electron chi connectivity index (χ0n) is 15.1. The van der Waals surface area contributed by atoms with E-state index >= 15 is 0 Å². The number of benzene rings is 1. The van der Waals surface area contributed by atoms with Crippen LogP contribution in [0.3, 0.4) is 0 Å². The van der Waals surface area contributed by atoms with Gasteiger partial charge in [0.25, 0.3) is 0 Å². The van der Waals surface area contributed by atoms with E-state index in [2.05, 4.69) is 9.97 Å². The molecule has 0 aliphatic carbocycles. The fourth-order valence-electron chi connectivity index (χ4n) is 2.75. The number of amides is 1. The third kappa shape index (κ3) is 3.54. The first-order valence-corrected chi connectivity index (χ1v) is 8.31. The van der Waals surface area contributed by atoms with E-state index in [9.17, 15) is 4.79 Å². The van der Waals surface area contributed by atoms with Crippen molar-refractivity contribution in [2.45, 2.75) is 13.0 Å². The number of nitrogens with zero attached hydrogens (tertiary/aromatic N) is 2. The number of likely N-dealkylation sites (N-methyl/N-ethyl adjacent to an activating group) is 1. The summed E-state index contributed by atoms with van der Waals surface area (Å²) < 4.78 is 5.40. The first-order valence-electron chi connectivity index (χ1n) is 8.31. The molecule has 3 aromatic rings. The minimum absolute atomic E-state index is 0.0973. The van der Waals surface area contributed by atoms with Gasteiger partial charge in [0.2, 0.25) is 5.91 Å². The number of methoxy groups -OCH3 is 1. The van der Waals surface area contributed by atoms with Crippen molar-refractivity contribution in [3.8, 4) is 5.75 Å². The number of hydrogen-bond donors (Lipinski definition) is 2. The van der Waals surface area contributed by atoms with Crippen LogP contribution in [0.2, 0.25) is 0 Å². The van der Waals surface area contributed by atoms with Crippen LogP contribution in [0.25, 0.3) is 17.0 Å². The van der Waals surface area contributed by atoms with E-state index in [4.69, 9.17) is 10.5 Å². The van der Waals surface area contributed by atoms with Crippen LogP contribution in [0.4, 0.5) is 5.82 Å². The number of nitrogens with one attached hydrogen (secondary N) is 1. The van der Waals surface area contributed by atoms with E-state index < -0.39 is 0 Å². The minimum Gasteiger partial charge on any atom is -0.496 e. The molecule has 0 spiro atoms. The molecule has 2 aromatic heterocycles. The van der Waals surface area contributed by atoms with Gasteiger partial charge in [-0.3, -0.25) is 4.79 Å². The van der Waals surface area contributed by atoms with Gasteiger partial charge in [-0.25, -0.2) is 4.98 Å². The first-order chi connectivity index (χ1) is 12.5. The van der Waals surface area contributed by atoms with E-state index in [1.54, 1.807) is 37.4 Å². The molecule has 0 fully saturated rings. The smallest absolute Gasteiger partial charge is 0.246 e. The van der Waals surface area contributed by atoms with Gasteiger partial charge in [-0.2, -0.15) is 0 Å². The van der Waals surface area contributed by atoms with Crippen LogP contribution in [0.15, 0.2) is 48.7 Å². The summed E-state index contributed by atoms with van der Waals surface area (Å²) >= 11 is 0. The van der Waals surface area contributed by atoms with Gasteiger partial charge in [0.1, 0.15) is 11.6 Å². The fourth-order valence-corrected chi connectivity index (χ4v) is 2.75. The molecule has 1 unspecified atom stereocenters. The lowest BCUT2D eigenvalue weighted by Crippen LogP contribution is -2.28. The van der Waals surface area contributed by atoms with Gasteiger partial charge in [0, 0.05) is 35.9 Å². The van der Waals surface area contributed by atoms with Crippen molar-refractivity contribution in [3.63, 3.8) is 0 Å². The molecule has 0 aliphatic rings. The SMILES string of the molecule is COc1cccc2[nH]c(C(C)N(C)C(=O)/C=C/c3ccc(N)nc3)cc12. The number of nitrogen functional groups attached to an aromatic ring is 1. The molecule has 134 valence electrons. The Hall–Kier alpha value is -3.28. The Bertz CT molecular complexity index is 944. The van der Waals surface area contributed by atoms with Crippen molar-refractivity contribution < 1.29 is 9.53 Å².